The Kier molecular flexibility index (Phi) is 5.17. The van der Waals surface area contributed by atoms with Crippen LogP contribution >= 0.6 is 11.8 Å². The normalized spacial score (nSPS) is 15.0. The van der Waals surface area contributed by atoms with Crippen molar-refractivity contribution in [3.63, 3.8) is 0 Å². The third kappa shape index (κ3) is 3.80. The average Bonchev–Trinajstić information content (AvgIpc) is 3.27. The first kappa shape index (κ1) is 18.7. The van der Waals surface area contributed by atoms with Gasteiger partial charge in [0.25, 0.3) is 0 Å². The number of hydrogen-bond donors (Lipinski definition) is 1. The maximum atomic E-state index is 12.7. The number of rotatable bonds is 7. The van der Waals surface area contributed by atoms with Crippen molar-refractivity contribution >= 4 is 23.5 Å². The number of aromatic nitrogens is 6. The third-order valence-electron chi connectivity index (χ3n) is 4.56. The SMILES string of the molecule is CC(Sc1nnc(-c2cccnc2)n1C1CC1)C(=O)Nc1ccnn1C(C)C. The van der Waals surface area contributed by atoms with E-state index in [0.717, 1.165) is 29.4 Å². The smallest absolute Gasteiger partial charge is 0.238 e. The number of hydrogen-bond acceptors (Lipinski definition) is 6. The summed E-state index contributed by atoms with van der Waals surface area (Å²) in [5.41, 5.74) is 0.937. The van der Waals surface area contributed by atoms with Crippen LogP contribution in [0.25, 0.3) is 11.4 Å². The first-order valence-electron chi connectivity index (χ1n) is 9.41. The van der Waals surface area contributed by atoms with Crippen LogP contribution < -0.4 is 5.32 Å². The van der Waals surface area contributed by atoms with E-state index in [4.69, 9.17) is 0 Å². The van der Waals surface area contributed by atoms with Crippen LogP contribution in [0.4, 0.5) is 5.82 Å². The second-order valence-corrected chi connectivity index (χ2v) is 8.46. The van der Waals surface area contributed by atoms with Gasteiger partial charge in [0.2, 0.25) is 5.91 Å². The van der Waals surface area contributed by atoms with Crippen molar-refractivity contribution in [1.82, 2.24) is 29.5 Å². The van der Waals surface area contributed by atoms with Crippen LogP contribution in [-0.4, -0.2) is 40.7 Å². The Bertz CT molecular complexity index is 962. The van der Waals surface area contributed by atoms with Gasteiger partial charge in [0.05, 0.1) is 11.4 Å². The van der Waals surface area contributed by atoms with Crippen molar-refractivity contribution in [1.29, 1.82) is 0 Å². The first-order valence-corrected chi connectivity index (χ1v) is 10.3. The summed E-state index contributed by atoms with van der Waals surface area (Å²) in [4.78, 5) is 16.9. The van der Waals surface area contributed by atoms with E-state index in [1.807, 2.05) is 39.0 Å². The Labute approximate surface area is 167 Å². The van der Waals surface area contributed by atoms with Gasteiger partial charge in [-0.2, -0.15) is 5.10 Å². The van der Waals surface area contributed by atoms with Crippen molar-refractivity contribution < 1.29 is 4.79 Å². The molecule has 0 radical (unpaired) electrons. The Morgan fingerprint density at radius 1 is 1.21 bits per heavy atom. The summed E-state index contributed by atoms with van der Waals surface area (Å²) in [5, 5.41) is 16.4. The maximum Gasteiger partial charge on any atom is 0.238 e. The van der Waals surface area contributed by atoms with Crippen molar-refractivity contribution in [2.45, 2.75) is 56.1 Å². The second-order valence-electron chi connectivity index (χ2n) is 7.15. The molecule has 28 heavy (non-hydrogen) atoms. The summed E-state index contributed by atoms with van der Waals surface area (Å²) in [7, 11) is 0. The zero-order valence-electron chi connectivity index (χ0n) is 16.1. The summed E-state index contributed by atoms with van der Waals surface area (Å²) in [6.07, 6.45) is 7.43. The summed E-state index contributed by atoms with van der Waals surface area (Å²) in [5.74, 6) is 1.43. The number of carbonyl (C=O) groups excluding carboxylic acids is 1. The number of pyridine rings is 1. The molecule has 9 heteroatoms. The Balaban J connectivity index is 1.52. The lowest BCUT2D eigenvalue weighted by Crippen LogP contribution is -2.25. The van der Waals surface area contributed by atoms with Crippen LogP contribution in [0.5, 0.6) is 0 Å². The molecule has 1 aliphatic carbocycles. The van der Waals surface area contributed by atoms with Crippen molar-refractivity contribution in [3.8, 4) is 11.4 Å². The minimum atomic E-state index is -0.320. The number of anilines is 1. The third-order valence-corrected chi connectivity index (χ3v) is 5.62. The molecule has 1 fully saturated rings. The predicted molar refractivity (Wildman–Crippen MR) is 108 cm³/mol. The quantitative estimate of drug-likeness (QED) is 0.613. The van der Waals surface area contributed by atoms with Crippen LogP contribution in [0.15, 0.2) is 41.9 Å². The molecule has 1 unspecified atom stereocenters. The van der Waals surface area contributed by atoms with E-state index in [-0.39, 0.29) is 17.2 Å². The van der Waals surface area contributed by atoms with Gasteiger partial charge < -0.3 is 5.32 Å². The van der Waals surface area contributed by atoms with E-state index >= 15 is 0 Å². The second kappa shape index (κ2) is 7.75. The topological polar surface area (TPSA) is 90.5 Å². The molecule has 0 saturated heterocycles. The highest BCUT2D eigenvalue weighted by Crippen LogP contribution is 2.41. The van der Waals surface area contributed by atoms with Gasteiger partial charge in [-0.1, -0.05) is 11.8 Å². The van der Waals surface area contributed by atoms with Crippen molar-refractivity contribution in [2.75, 3.05) is 5.32 Å². The van der Waals surface area contributed by atoms with Gasteiger partial charge in [-0.25, -0.2) is 4.68 Å². The van der Waals surface area contributed by atoms with Crippen LogP contribution in [0.1, 0.15) is 45.7 Å². The highest BCUT2D eigenvalue weighted by Gasteiger charge is 2.31. The minimum Gasteiger partial charge on any atom is -0.310 e. The van der Waals surface area contributed by atoms with Gasteiger partial charge in [0, 0.05) is 36.1 Å². The van der Waals surface area contributed by atoms with Crippen LogP contribution in [0.2, 0.25) is 0 Å². The van der Waals surface area contributed by atoms with E-state index in [9.17, 15) is 4.79 Å². The molecule has 3 aromatic rings. The number of carbonyl (C=O) groups is 1. The Morgan fingerprint density at radius 3 is 2.71 bits per heavy atom. The lowest BCUT2D eigenvalue weighted by atomic mass is 10.3. The monoisotopic (exact) mass is 397 g/mol. The molecule has 0 aromatic carbocycles. The molecule has 3 aromatic heterocycles. The molecule has 1 atom stereocenters. The summed E-state index contributed by atoms with van der Waals surface area (Å²) < 4.78 is 3.94. The maximum absolute atomic E-state index is 12.7. The van der Waals surface area contributed by atoms with E-state index in [0.29, 0.717) is 11.9 Å². The fourth-order valence-electron chi connectivity index (χ4n) is 2.98. The summed E-state index contributed by atoms with van der Waals surface area (Å²) in [6, 6.07) is 6.25. The molecular formula is C19H23N7OS. The lowest BCUT2D eigenvalue weighted by molar-refractivity contribution is -0.115. The fraction of sp³-hybridized carbons (Fsp3) is 0.421. The van der Waals surface area contributed by atoms with E-state index in [2.05, 4.69) is 30.2 Å². The van der Waals surface area contributed by atoms with Gasteiger partial charge in [0.15, 0.2) is 11.0 Å². The molecule has 146 valence electrons. The molecule has 1 aliphatic rings. The molecule has 1 amide bonds. The summed E-state index contributed by atoms with van der Waals surface area (Å²) >= 11 is 1.43. The van der Waals surface area contributed by atoms with E-state index < -0.39 is 0 Å². The number of nitrogens with one attached hydrogen (secondary N) is 1. The zero-order valence-corrected chi connectivity index (χ0v) is 16.9. The van der Waals surface area contributed by atoms with E-state index in [1.54, 1.807) is 23.3 Å². The Hall–Kier alpha value is -2.68. The number of thioether (sulfide) groups is 1. The zero-order chi connectivity index (χ0) is 19.7. The van der Waals surface area contributed by atoms with Crippen LogP contribution in [0, 0.1) is 0 Å². The minimum absolute atomic E-state index is 0.0827. The van der Waals surface area contributed by atoms with Crippen molar-refractivity contribution in [3.05, 3.63) is 36.8 Å². The largest absolute Gasteiger partial charge is 0.310 e. The molecule has 3 heterocycles. The summed E-state index contributed by atoms with van der Waals surface area (Å²) in [6.45, 7) is 5.93. The van der Waals surface area contributed by atoms with Gasteiger partial charge in [-0.05, 0) is 45.7 Å². The first-order chi connectivity index (χ1) is 13.5. The highest BCUT2D eigenvalue weighted by atomic mass is 32.2. The van der Waals surface area contributed by atoms with Crippen LogP contribution in [-0.2, 0) is 4.79 Å². The molecule has 8 nitrogen and oxygen atoms in total. The molecule has 0 spiro atoms. The molecule has 1 saturated carbocycles. The van der Waals surface area contributed by atoms with Gasteiger partial charge in [-0.3, -0.25) is 14.3 Å². The lowest BCUT2D eigenvalue weighted by Gasteiger charge is -2.15. The van der Waals surface area contributed by atoms with E-state index in [1.165, 1.54) is 11.8 Å². The highest BCUT2D eigenvalue weighted by molar-refractivity contribution is 8.00. The molecule has 1 N–H and O–H groups in total. The van der Waals surface area contributed by atoms with Gasteiger partial charge in [-0.15, -0.1) is 10.2 Å². The van der Waals surface area contributed by atoms with Crippen molar-refractivity contribution in [2.24, 2.45) is 0 Å². The predicted octanol–water partition coefficient (Wildman–Crippen LogP) is 3.57. The molecule has 0 aliphatic heterocycles. The molecule has 0 bridgehead atoms. The molecular weight excluding hydrogens is 374 g/mol. The number of nitrogens with zero attached hydrogens (tertiary/aromatic N) is 6. The average molecular weight is 398 g/mol. The Morgan fingerprint density at radius 2 is 2.04 bits per heavy atom. The van der Waals surface area contributed by atoms with Gasteiger partial charge in [0.1, 0.15) is 5.82 Å². The fourth-order valence-corrected chi connectivity index (χ4v) is 3.89. The molecule has 4 rings (SSSR count). The number of amides is 1. The van der Waals surface area contributed by atoms with Crippen LogP contribution in [0.3, 0.4) is 0 Å². The van der Waals surface area contributed by atoms with Gasteiger partial charge >= 0.3 is 0 Å². The standard InChI is InChI=1S/C19H23N7OS/c1-12(2)26-16(8-10-21-26)22-18(27)13(3)28-19-24-23-17(25(19)15-6-7-15)14-5-4-9-20-11-14/h4-5,8-13,15H,6-7H2,1-3H3,(H,22,27).